The van der Waals surface area contributed by atoms with E-state index in [2.05, 4.69) is 23.7 Å². The lowest BCUT2D eigenvalue weighted by Crippen LogP contribution is -1.86. The highest BCUT2D eigenvalue weighted by atomic mass is 14.7. The van der Waals surface area contributed by atoms with Crippen LogP contribution in [-0.2, 0) is 6.42 Å². The summed E-state index contributed by atoms with van der Waals surface area (Å²) in [5.74, 6) is 0. The van der Waals surface area contributed by atoms with Gasteiger partial charge in [-0.15, -0.1) is 0 Å². The molecule has 1 aromatic carbocycles. The number of hydrogen-bond donors (Lipinski definition) is 0. The maximum absolute atomic E-state index is 4.26. The Kier molecular flexibility index (Phi) is 4.55. The Bertz CT molecular complexity index is 368. The molecule has 1 aromatic rings. The van der Waals surface area contributed by atoms with Crippen molar-refractivity contribution < 1.29 is 0 Å². The van der Waals surface area contributed by atoms with E-state index in [1.807, 2.05) is 38.1 Å². The SMILES string of the molecule is C=C(Cc1ccccc1)/N=C\C=C(C)C. The maximum Gasteiger partial charge on any atom is 0.0375 e. The van der Waals surface area contributed by atoms with Crippen molar-refractivity contribution in [2.75, 3.05) is 0 Å². The van der Waals surface area contributed by atoms with E-state index in [0.29, 0.717) is 0 Å². The smallest absolute Gasteiger partial charge is 0.0375 e. The van der Waals surface area contributed by atoms with Crippen molar-refractivity contribution in [3.8, 4) is 0 Å². The van der Waals surface area contributed by atoms with E-state index in [9.17, 15) is 0 Å². The molecule has 1 nitrogen and oxygen atoms in total. The number of benzene rings is 1. The number of hydrogen-bond acceptors (Lipinski definition) is 1. The fraction of sp³-hybridized carbons (Fsp3) is 0.214. The summed E-state index contributed by atoms with van der Waals surface area (Å²) in [5, 5.41) is 0. The molecule has 0 saturated heterocycles. The Labute approximate surface area is 91.9 Å². The van der Waals surface area contributed by atoms with Crippen LogP contribution in [0.5, 0.6) is 0 Å². The molecule has 0 unspecified atom stereocenters. The van der Waals surface area contributed by atoms with Gasteiger partial charge in [0.2, 0.25) is 0 Å². The maximum atomic E-state index is 4.26. The second-order valence-electron chi connectivity index (χ2n) is 3.75. The molecular formula is C14H17N. The van der Waals surface area contributed by atoms with Gasteiger partial charge in [0.25, 0.3) is 0 Å². The van der Waals surface area contributed by atoms with Crippen molar-refractivity contribution in [3.05, 3.63) is 59.8 Å². The van der Waals surface area contributed by atoms with Gasteiger partial charge in [-0.1, -0.05) is 42.5 Å². The van der Waals surface area contributed by atoms with Gasteiger partial charge in [0.1, 0.15) is 0 Å². The molecule has 0 bridgehead atoms. The van der Waals surface area contributed by atoms with E-state index in [1.54, 1.807) is 6.21 Å². The third kappa shape index (κ3) is 4.96. The van der Waals surface area contributed by atoms with Gasteiger partial charge in [0, 0.05) is 18.3 Å². The number of nitrogens with zero attached hydrogens (tertiary/aromatic N) is 1. The predicted octanol–water partition coefficient (Wildman–Crippen LogP) is 3.78. The van der Waals surface area contributed by atoms with Gasteiger partial charge < -0.3 is 0 Å². The van der Waals surface area contributed by atoms with Crippen LogP contribution in [0.4, 0.5) is 0 Å². The van der Waals surface area contributed by atoms with E-state index >= 15 is 0 Å². The van der Waals surface area contributed by atoms with Crippen LogP contribution in [0, 0.1) is 0 Å². The second kappa shape index (κ2) is 5.97. The fourth-order valence-electron chi connectivity index (χ4n) is 1.17. The Morgan fingerprint density at radius 3 is 2.53 bits per heavy atom. The Hall–Kier alpha value is -1.63. The van der Waals surface area contributed by atoms with Crippen molar-refractivity contribution in [2.45, 2.75) is 20.3 Å². The molecule has 0 aliphatic rings. The highest BCUT2D eigenvalue weighted by molar-refractivity contribution is 5.72. The molecular weight excluding hydrogens is 182 g/mol. The minimum atomic E-state index is 0.813. The van der Waals surface area contributed by atoms with E-state index in [-0.39, 0.29) is 0 Å². The van der Waals surface area contributed by atoms with Crippen molar-refractivity contribution in [3.63, 3.8) is 0 Å². The zero-order valence-electron chi connectivity index (χ0n) is 9.40. The Morgan fingerprint density at radius 1 is 1.27 bits per heavy atom. The molecule has 0 atom stereocenters. The third-order valence-corrected chi connectivity index (χ3v) is 1.92. The minimum absolute atomic E-state index is 0.813. The van der Waals surface area contributed by atoms with E-state index in [1.165, 1.54) is 11.1 Å². The van der Waals surface area contributed by atoms with Gasteiger partial charge in [0.15, 0.2) is 0 Å². The standard InChI is InChI=1S/C14H17N/c1-12(2)9-10-15-13(3)11-14-7-5-4-6-8-14/h4-10H,3,11H2,1-2H3/b15-10-. The van der Waals surface area contributed by atoms with Crippen LogP contribution < -0.4 is 0 Å². The molecule has 0 aromatic heterocycles. The molecule has 0 spiro atoms. The largest absolute Gasteiger partial charge is 0.262 e. The van der Waals surface area contributed by atoms with E-state index in [4.69, 9.17) is 0 Å². The number of allylic oxidation sites excluding steroid dienone is 3. The van der Waals surface area contributed by atoms with Crippen molar-refractivity contribution in [1.29, 1.82) is 0 Å². The van der Waals surface area contributed by atoms with Crippen LogP contribution in [0.2, 0.25) is 0 Å². The first kappa shape index (κ1) is 11.4. The fourth-order valence-corrected chi connectivity index (χ4v) is 1.17. The van der Waals surface area contributed by atoms with Crippen molar-refractivity contribution >= 4 is 6.21 Å². The summed E-state index contributed by atoms with van der Waals surface area (Å²) < 4.78 is 0. The summed E-state index contributed by atoms with van der Waals surface area (Å²) in [4.78, 5) is 4.26. The van der Waals surface area contributed by atoms with Crippen molar-refractivity contribution in [2.24, 2.45) is 4.99 Å². The quantitative estimate of drug-likeness (QED) is 0.654. The van der Waals surface area contributed by atoms with Gasteiger partial charge in [-0.2, -0.15) is 0 Å². The van der Waals surface area contributed by atoms with Crippen LogP contribution in [0.15, 0.2) is 59.2 Å². The van der Waals surface area contributed by atoms with Gasteiger partial charge in [0.05, 0.1) is 0 Å². The first-order valence-electron chi connectivity index (χ1n) is 5.08. The Balaban J connectivity index is 2.51. The third-order valence-electron chi connectivity index (χ3n) is 1.92. The predicted molar refractivity (Wildman–Crippen MR) is 67.2 cm³/mol. The average molecular weight is 199 g/mol. The first-order valence-corrected chi connectivity index (χ1v) is 5.08. The zero-order chi connectivity index (χ0) is 11.1. The molecule has 78 valence electrons. The molecule has 0 fully saturated rings. The molecule has 0 aliphatic heterocycles. The van der Waals surface area contributed by atoms with E-state index in [0.717, 1.165) is 12.1 Å². The summed E-state index contributed by atoms with van der Waals surface area (Å²) in [7, 11) is 0. The van der Waals surface area contributed by atoms with Crippen LogP contribution >= 0.6 is 0 Å². The molecule has 15 heavy (non-hydrogen) atoms. The molecule has 0 heterocycles. The van der Waals surface area contributed by atoms with E-state index < -0.39 is 0 Å². The summed E-state index contributed by atoms with van der Waals surface area (Å²) in [6.07, 6.45) is 4.60. The lowest BCUT2D eigenvalue weighted by Gasteiger charge is -1.99. The number of rotatable bonds is 4. The van der Waals surface area contributed by atoms with Crippen molar-refractivity contribution in [1.82, 2.24) is 0 Å². The topological polar surface area (TPSA) is 12.4 Å². The van der Waals surface area contributed by atoms with Crippen LogP contribution in [0.3, 0.4) is 0 Å². The lowest BCUT2D eigenvalue weighted by atomic mass is 10.1. The van der Waals surface area contributed by atoms with Gasteiger partial charge in [-0.05, 0) is 25.5 Å². The molecule has 0 saturated carbocycles. The summed E-state index contributed by atoms with van der Waals surface area (Å²) in [6, 6.07) is 10.2. The molecule has 0 amide bonds. The highest BCUT2D eigenvalue weighted by Gasteiger charge is 1.92. The van der Waals surface area contributed by atoms with Gasteiger partial charge in [-0.25, -0.2) is 0 Å². The highest BCUT2D eigenvalue weighted by Crippen LogP contribution is 2.06. The average Bonchev–Trinajstić information content (AvgIpc) is 2.18. The van der Waals surface area contributed by atoms with Gasteiger partial charge in [-0.3, -0.25) is 4.99 Å². The molecule has 0 aliphatic carbocycles. The van der Waals surface area contributed by atoms with Crippen LogP contribution in [-0.4, -0.2) is 6.21 Å². The molecule has 0 radical (unpaired) electrons. The summed E-state index contributed by atoms with van der Waals surface area (Å²) >= 11 is 0. The Morgan fingerprint density at radius 2 is 1.93 bits per heavy atom. The van der Waals surface area contributed by atoms with Crippen LogP contribution in [0.1, 0.15) is 19.4 Å². The zero-order valence-corrected chi connectivity index (χ0v) is 9.40. The lowest BCUT2D eigenvalue weighted by molar-refractivity contribution is 1.12. The number of aliphatic imine (C=N–C) groups is 1. The minimum Gasteiger partial charge on any atom is -0.262 e. The first-order chi connectivity index (χ1) is 7.18. The van der Waals surface area contributed by atoms with Gasteiger partial charge >= 0.3 is 0 Å². The monoisotopic (exact) mass is 199 g/mol. The molecule has 0 N–H and O–H groups in total. The summed E-state index contributed by atoms with van der Waals surface area (Å²) in [5.41, 5.74) is 3.38. The second-order valence-corrected chi connectivity index (χ2v) is 3.75. The summed E-state index contributed by atoms with van der Waals surface area (Å²) in [6.45, 7) is 8.01. The molecule has 1 heteroatoms. The molecule has 1 rings (SSSR count). The normalized spacial score (nSPS) is 10.3. The van der Waals surface area contributed by atoms with Crippen LogP contribution in [0.25, 0.3) is 0 Å².